The van der Waals surface area contributed by atoms with Crippen LogP contribution in [0.1, 0.15) is 18.1 Å². The number of hydrogen-bond acceptors (Lipinski definition) is 2. The maximum Gasteiger partial charge on any atom is 0.248 e. The van der Waals surface area contributed by atoms with Crippen LogP contribution in [0.5, 0.6) is 0 Å². The maximum atomic E-state index is 13.1. The molecular weight excluding hydrogens is 295 g/mol. The van der Waals surface area contributed by atoms with Gasteiger partial charge in [-0.05, 0) is 48.4 Å². The summed E-state index contributed by atoms with van der Waals surface area (Å²) in [4.78, 5) is 23.1. The minimum absolute atomic E-state index is 0.178. The summed E-state index contributed by atoms with van der Waals surface area (Å²) in [5.41, 5.74) is 2.61. The second kappa shape index (κ2) is 7.35. The number of halogens is 1. The normalized spacial score (nSPS) is 10.6. The van der Waals surface area contributed by atoms with Crippen LogP contribution in [0.4, 0.5) is 15.8 Å². The van der Waals surface area contributed by atoms with Gasteiger partial charge in [0.1, 0.15) is 5.82 Å². The lowest BCUT2D eigenvalue weighted by Gasteiger charge is -2.11. The SMILES string of the molecule is CC(=O)Nc1cccc(NC(=O)/C=C/c2cccc(F)c2)c1C. The average molecular weight is 312 g/mol. The van der Waals surface area contributed by atoms with E-state index in [0.717, 1.165) is 5.56 Å². The summed E-state index contributed by atoms with van der Waals surface area (Å²) in [5, 5.41) is 5.44. The second-order valence-electron chi connectivity index (χ2n) is 5.04. The van der Waals surface area contributed by atoms with Crippen LogP contribution in [-0.2, 0) is 9.59 Å². The Hall–Kier alpha value is -2.95. The fourth-order valence-corrected chi connectivity index (χ4v) is 2.05. The van der Waals surface area contributed by atoms with E-state index >= 15 is 0 Å². The molecule has 0 spiro atoms. The third-order valence-corrected chi connectivity index (χ3v) is 3.18. The molecule has 0 aromatic heterocycles. The molecule has 0 bridgehead atoms. The lowest BCUT2D eigenvalue weighted by Crippen LogP contribution is -2.12. The van der Waals surface area contributed by atoms with Crippen LogP contribution in [0.3, 0.4) is 0 Å². The van der Waals surface area contributed by atoms with Gasteiger partial charge in [0.05, 0.1) is 0 Å². The molecule has 2 N–H and O–H groups in total. The van der Waals surface area contributed by atoms with Gasteiger partial charge < -0.3 is 10.6 Å². The molecule has 0 aliphatic carbocycles. The molecule has 0 atom stereocenters. The summed E-state index contributed by atoms with van der Waals surface area (Å²) < 4.78 is 13.1. The molecule has 0 unspecified atom stereocenters. The largest absolute Gasteiger partial charge is 0.326 e. The Morgan fingerprint density at radius 1 is 1.04 bits per heavy atom. The van der Waals surface area contributed by atoms with Crippen molar-refractivity contribution in [2.24, 2.45) is 0 Å². The van der Waals surface area contributed by atoms with Crippen molar-refractivity contribution in [3.63, 3.8) is 0 Å². The monoisotopic (exact) mass is 312 g/mol. The van der Waals surface area contributed by atoms with Gasteiger partial charge in [-0.15, -0.1) is 0 Å². The molecule has 0 aliphatic rings. The van der Waals surface area contributed by atoms with Crippen LogP contribution in [0, 0.1) is 12.7 Å². The molecule has 2 rings (SSSR count). The van der Waals surface area contributed by atoms with Gasteiger partial charge in [-0.25, -0.2) is 4.39 Å². The maximum absolute atomic E-state index is 13.1. The van der Waals surface area contributed by atoms with E-state index in [1.54, 1.807) is 37.3 Å². The molecule has 5 heteroatoms. The fourth-order valence-electron chi connectivity index (χ4n) is 2.05. The number of amides is 2. The minimum Gasteiger partial charge on any atom is -0.326 e. The van der Waals surface area contributed by atoms with Gasteiger partial charge in [0.15, 0.2) is 0 Å². The number of carbonyl (C=O) groups is 2. The fraction of sp³-hybridized carbons (Fsp3) is 0.111. The third kappa shape index (κ3) is 4.78. The number of hydrogen-bond donors (Lipinski definition) is 2. The predicted octanol–water partition coefficient (Wildman–Crippen LogP) is 3.74. The summed E-state index contributed by atoms with van der Waals surface area (Å²) in [5.74, 6) is -0.869. The molecule has 0 heterocycles. The molecule has 2 amide bonds. The Kier molecular flexibility index (Phi) is 5.25. The standard InChI is InChI=1S/C18H17FN2O2/c1-12-16(20-13(2)22)7-4-8-17(12)21-18(23)10-9-14-5-3-6-15(19)11-14/h3-11H,1-2H3,(H,20,22)(H,21,23)/b10-9+. The van der Waals surface area contributed by atoms with Crippen molar-refractivity contribution in [3.8, 4) is 0 Å². The van der Waals surface area contributed by atoms with Gasteiger partial charge in [-0.3, -0.25) is 9.59 Å². The highest BCUT2D eigenvalue weighted by Crippen LogP contribution is 2.23. The number of carbonyl (C=O) groups excluding carboxylic acids is 2. The van der Waals surface area contributed by atoms with Crippen molar-refractivity contribution in [1.82, 2.24) is 0 Å². The Morgan fingerprint density at radius 2 is 1.70 bits per heavy atom. The molecule has 23 heavy (non-hydrogen) atoms. The van der Waals surface area contributed by atoms with E-state index in [9.17, 15) is 14.0 Å². The molecule has 118 valence electrons. The van der Waals surface area contributed by atoms with Gasteiger partial charge in [0.25, 0.3) is 0 Å². The molecule has 2 aromatic carbocycles. The van der Waals surface area contributed by atoms with Crippen LogP contribution in [0.25, 0.3) is 6.08 Å². The van der Waals surface area contributed by atoms with Crippen molar-refractivity contribution in [2.45, 2.75) is 13.8 Å². The van der Waals surface area contributed by atoms with E-state index in [4.69, 9.17) is 0 Å². The third-order valence-electron chi connectivity index (χ3n) is 3.18. The van der Waals surface area contributed by atoms with Crippen LogP contribution in [0.15, 0.2) is 48.5 Å². The molecule has 4 nitrogen and oxygen atoms in total. The zero-order valence-electron chi connectivity index (χ0n) is 12.9. The van der Waals surface area contributed by atoms with Gasteiger partial charge >= 0.3 is 0 Å². The van der Waals surface area contributed by atoms with E-state index < -0.39 is 0 Å². The quantitative estimate of drug-likeness (QED) is 0.845. The Labute approximate surface area is 134 Å². The predicted molar refractivity (Wildman–Crippen MR) is 89.5 cm³/mol. The average Bonchev–Trinajstić information content (AvgIpc) is 2.49. The van der Waals surface area contributed by atoms with E-state index in [1.165, 1.54) is 31.2 Å². The zero-order chi connectivity index (χ0) is 16.8. The van der Waals surface area contributed by atoms with Gasteiger partial charge in [0, 0.05) is 24.4 Å². The molecular formula is C18H17FN2O2. The van der Waals surface area contributed by atoms with Crippen LogP contribution in [0.2, 0.25) is 0 Å². The van der Waals surface area contributed by atoms with Gasteiger partial charge in [-0.1, -0.05) is 18.2 Å². The molecule has 0 saturated carbocycles. The van der Waals surface area contributed by atoms with Gasteiger partial charge in [-0.2, -0.15) is 0 Å². The van der Waals surface area contributed by atoms with Crippen LogP contribution >= 0.6 is 0 Å². The van der Waals surface area contributed by atoms with Crippen LogP contribution in [-0.4, -0.2) is 11.8 Å². The van der Waals surface area contributed by atoms with E-state index in [0.29, 0.717) is 16.9 Å². The highest BCUT2D eigenvalue weighted by Gasteiger charge is 2.07. The number of rotatable bonds is 4. The summed E-state index contributed by atoms with van der Waals surface area (Å²) in [6, 6.07) is 11.2. The van der Waals surface area contributed by atoms with Crippen molar-refractivity contribution in [3.05, 3.63) is 65.5 Å². The van der Waals surface area contributed by atoms with Crippen molar-refractivity contribution in [1.29, 1.82) is 0 Å². The second-order valence-corrected chi connectivity index (χ2v) is 5.04. The molecule has 0 fully saturated rings. The first-order chi connectivity index (χ1) is 11.0. The highest BCUT2D eigenvalue weighted by molar-refractivity contribution is 6.03. The lowest BCUT2D eigenvalue weighted by atomic mass is 10.1. The highest BCUT2D eigenvalue weighted by atomic mass is 19.1. The smallest absolute Gasteiger partial charge is 0.248 e. The summed E-state index contributed by atoms with van der Waals surface area (Å²) >= 11 is 0. The number of nitrogens with one attached hydrogen (secondary N) is 2. The van der Waals surface area contributed by atoms with Gasteiger partial charge in [0.2, 0.25) is 11.8 Å². The number of benzene rings is 2. The first-order valence-electron chi connectivity index (χ1n) is 7.07. The van der Waals surface area contributed by atoms with Crippen LogP contribution < -0.4 is 10.6 Å². The topological polar surface area (TPSA) is 58.2 Å². The summed E-state index contributed by atoms with van der Waals surface area (Å²) in [6.45, 7) is 3.23. The van der Waals surface area contributed by atoms with Crippen molar-refractivity contribution >= 4 is 29.3 Å². The molecule has 0 saturated heterocycles. The van der Waals surface area contributed by atoms with Crippen molar-refractivity contribution < 1.29 is 14.0 Å². The zero-order valence-corrected chi connectivity index (χ0v) is 12.9. The van der Waals surface area contributed by atoms with Crippen molar-refractivity contribution in [2.75, 3.05) is 10.6 Å². The van der Waals surface area contributed by atoms with E-state index in [2.05, 4.69) is 10.6 Å². The Morgan fingerprint density at radius 3 is 2.35 bits per heavy atom. The number of anilines is 2. The van der Waals surface area contributed by atoms with E-state index in [-0.39, 0.29) is 17.6 Å². The molecule has 2 aromatic rings. The first kappa shape index (κ1) is 16.4. The molecule has 0 radical (unpaired) electrons. The Balaban J connectivity index is 2.10. The minimum atomic E-state index is -0.355. The Bertz CT molecular complexity index is 769. The molecule has 0 aliphatic heterocycles. The summed E-state index contributed by atoms with van der Waals surface area (Å²) in [7, 11) is 0. The summed E-state index contributed by atoms with van der Waals surface area (Å²) in [6.07, 6.45) is 2.87. The lowest BCUT2D eigenvalue weighted by molar-refractivity contribution is -0.114. The first-order valence-corrected chi connectivity index (χ1v) is 7.07. The van der Waals surface area contributed by atoms with E-state index in [1.807, 2.05) is 0 Å².